The van der Waals surface area contributed by atoms with Crippen LogP contribution in [0.4, 0.5) is 0 Å². The topological polar surface area (TPSA) is 13.1 Å². The van der Waals surface area contributed by atoms with E-state index in [-0.39, 0.29) is 0 Å². The van der Waals surface area contributed by atoms with Gasteiger partial charge in [-0.05, 0) is 64.0 Å². The van der Waals surface area contributed by atoms with Crippen molar-refractivity contribution in [2.24, 2.45) is 0 Å². The Bertz CT molecular complexity index is 652. The Kier molecular flexibility index (Phi) is 1.99. The molecule has 2 aromatic carbocycles. The first-order valence-corrected chi connectivity index (χ1v) is 5.89. The van der Waals surface area contributed by atoms with Crippen molar-refractivity contribution < 1.29 is 4.42 Å². The van der Waals surface area contributed by atoms with Crippen molar-refractivity contribution in [3.63, 3.8) is 0 Å². The highest BCUT2D eigenvalue weighted by Crippen LogP contribution is 2.30. The maximum absolute atomic E-state index is 5.49. The fourth-order valence-electron chi connectivity index (χ4n) is 1.99. The van der Waals surface area contributed by atoms with Crippen LogP contribution in [-0.4, -0.2) is 0 Å². The maximum Gasteiger partial charge on any atom is 0.134 e. The zero-order valence-corrected chi connectivity index (χ0v) is 10.4. The van der Waals surface area contributed by atoms with Gasteiger partial charge in [-0.25, -0.2) is 0 Å². The summed E-state index contributed by atoms with van der Waals surface area (Å²) < 4.78 is 6.75. The molecule has 0 saturated carbocycles. The summed E-state index contributed by atoms with van der Waals surface area (Å²) >= 11 is 2.34. The fraction of sp³-hybridized carbons (Fsp3) is 0.0769. The molecular formula is C13H9IO. The van der Waals surface area contributed by atoms with Gasteiger partial charge in [0.05, 0.1) is 6.26 Å². The Hall–Kier alpha value is -1.03. The molecule has 74 valence electrons. The van der Waals surface area contributed by atoms with Crippen molar-refractivity contribution in [1.29, 1.82) is 0 Å². The van der Waals surface area contributed by atoms with Crippen LogP contribution in [0.25, 0.3) is 21.7 Å². The molecule has 0 saturated heterocycles. The molecule has 0 amide bonds. The van der Waals surface area contributed by atoms with Crippen LogP contribution in [0, 0.1) is 10.5 Å². The van der Waals surface area contributed by atoms with Crippen molar-refractivity contribution in [2.75, 3.05) is 0 Å². The van der Waals surface area contributed by atoms with E-state index in [0.717, 1.165) is 5.58 Å². The van der Waals surface area contributed by atoms with E-state index in [1.54, 1.807) is 0 Å². The third kappa shape index (κ3) is 1.35. The lowest BCUT2D eigenvalue weighted by Crippen LogP contribution is -1.77. The van der Waals surface area contributed by atoms with Gasteiger partial charge in [-0.15, -0.1) is 0 Å². The zero-order chi connectivity index (χ0) is 10.4. The molecule has 0 fully saturated rings. The third-order valence-electron chi connectivity index (χ3n) is 2.70. The van der Waals surface area contributed by atoms with Crippen LogP contribution in [0.1, 0.15) is 5.56 Å². The lowest BCUT2D eigenvalue weighted by molar-refractivity contribution is 0.613. The fourth-order valence-corrected chi connectivity index (χ4v) is 2.48. The maximum atomic E-state index is 5.49. The summed E-state index contributed by atoms with van der Waals surface area (Å²) in [5.74, 6) is 0. The number of hydrogen-bond acceptors (Lipinski definition) is 1. The summed E-state index contributed by atoms with van der Waals surface area (Å²) in [7, 11) is 0. The molecule has 0 atom stereocenters. The average Bonchev–Trinajstić information content (AvgIpc) is 2.60. The number of halogens is 1. The van der Waals surface area contributed by atoms with Crippen molar-refractivity contribution in [3.05, 3.63) is 45.7 Å². The molecule has 0 aliphatic heterocycles. The molecule has 3 aromatic rings. The van der Waals surface area contributed by atoms with Crippen LogP contribution < -0.4 is 0 Å². The number of rotatable bonds is 0. The molecule has 1 aromatic heterocycles. The number of hydrogen-bond donors (Lipinski definition) is 0. The standard InChI is InChI=1S/C13H9IO/c1-8-7-15-12-5-3-9-2-4-10(14)6-11(9)13(8)12/h2-7H,1H3. The molecule has 1 heterocycles. The van der Waals surface area contributed by atoms with Crippen molar-refractivity contribution in [2.45, 2.75) is 6.92 Å². The van der Waals surface area contributed by atoms with Gasteiger partial charge in [0.1, 0.15) is 5.58 Å². The predicted molar refractivity (Wildman–Crippen MR) is 71.2 cm³/mol. The van der Waals surface area contributed by atoms with Crippen molar-refractivity contribution in [1.82, 2.24) is 0 Å². The van der Waals surface area contributed by atoms with Gasteiger partial charge in [-0.2, -0.15) is 0 Å². The van der Waals surface area contributed by atoms with Crippen molar-refractivity contribution >= 4 is 44.3 Å². The summed E-state index contributed by atoms with van der Waals surface area (Å²) in [6.45, 7) is 2.09. The highest BCUT2D eigenvalue weighted by molar-refractivity contribution is 14.1. The van der Waals surface area contributed by atoms with Crippen LogP contribution in [0.5, 0.6) is 0 Å². The van der Waals surface area contributed by atoms with Crippen molar-refractivity contribution in [3.8, 4) is 0 Å². The van der Waals surface area contributed by atoms with Gasteiger partial charge in [0.25, 0.3) is 0 Å². The van der Waals surface area contributed by atoms with E-state index in [9.17, 15) is 0 Å². The van der Waals surface area contributed by atoms with Crippen LogP contribution in [-0.2, 0) is 0 Å². The van der Waals surface area contributed by atoms with Gasteiger partial charge in [-0.3, -0.25) is 0 Å². The lowest BCUT2D eigenvalue weighted by atomic mass is 10.0. The Morgan fingerprint density at radius 2 is 1.93 bits per heavy atom. The number of fused-ring (bicyclic) bond motifs is 3. The average molecular weight is 308 g/mol. The molecule has 0 bridgehead atoms. The second-order valence-electron chi connectivity index (χ2n) is 3.72. The first-order valence-electron chi connectivity index (χ1n) is 4.82. The Labute approximate surface area is 101 Å². The second-order valence-corrected chi connectivity index (χ2v) is 4.97. The van der Waals surface area contributed by atoms with Crippen LogP contribution >= 0.6 is 22.6 Å². The van der Waals surface area contributed by atoms with Gasteiger partial charge in [-0.1, -0.05) is 12.1 Å². The van der Waals surface area contributed by atoms with Crippen LogP contribution in [0.3, 0.4) is 0 Å². The van der Waals surface area contributed by atoms with Gasteiger partial charge >= 0.3 is 0 Å². The Balaban J connectivity index is 2.61. The summed E-state index contributed by atoms with van der Waals surface area (Å²) in [6, 6.07) is 10.6. The summed E-state index contributed by atoms with van der Waals surface area (Å²) in [5, 5.41) is 3.80. The van der Waals surface area contributed by atoms with Gasteiger partial charge < -0.3 is 4.42 Å². The molecule has 2 heteroatoms. The van der Waals surface area contributed by atoms with E-state index in [4.69, 9.17) is 4.42 Å². The number of furan rings is 1. The molecule has 0 aliphatic rings. The first-order chi connectivity index (χ1) is 7.25. The van der Waals surface area contributed by atoms with Crippen LogP contribution in [0.2, 0.25) is 0 Å². The number of aryl methyl sites for hydroxylation is 1. The summed E-state index contributed by atoms with van der Waals surface area (Å²) in [4.78, 5) is 0. The van der Waals surface area contributed by atoms with E-state index < -0.39 is 0 Å². The Morgan fingerprint density at radius 1 is 1.13 bits per heavy atom. The van der Waals surface area contributed by atoms with Crippen LogP contribution in [0.15, 0.2) is 41.0 Å². The normalized spacial score (nSPS) is 11.3. The minimum absolute atomic E-state index is 0.974. The summed E-state index contributed by atoms with van der Waals surface area (Å²) in [5.41, 5.74) is 2.18. The van der Waals surface area contributed by atoms with E-state index in [0.29, 0.717) is 0 Å². The SMILES string of the molecule is Cc1coc2ccc3ccc(I)cc3c12. The molecule has 3 rings (SSSR count). The number of benzene rings is 2. The Morgan fingerprint density at radius 3 is 2.80 bits per heavy atom. The molecule has 0 N–H and O–H groups in total. The molecular weight excluding hydrogens is 299 g/mol. The molecule has 0 unspecified atom stereocenters. The molecule has 15 heavy (non-hydrogen) atoms. The van der Waals surface area contributed by atoms with E-state index >= 15 is 0 Å². The largest absolute Gasteiger partial charge is 0.464 e. The van der Waals surface area contributed by atoms with Gasteiger partial charge in [0.15, 0.2) is 0 Å². The second kappa shape index (κ2) is 3.23. The minimum atomic E-state index is 0.974. The minimum Gasteiger partial charge on any atom is -0.464 e. The third-order valence-corrected chi connectivity index (χ3v) is 3.37. The molecule has 0 radical (unpaired) electrons. The first kappa shape index (κ1) is 9.21. The summed E-state index contributed by atoms with van der Waals surface area (Å²) in [6.07, 6.45) is 1.82. The highest BCUT2D eigenvalue weighted by Gasteiger charge is 2.06. The molecule has 0 aliphatic carbocycles. The van der Waals surface area contributed by atoms with Gasteiger partial charge in [0.2, 0.25) is 0 Å². The highest BCUT2D eigenvalue weighted by atomic mass is 127. The van der Waals surface area contributed by atoms with E-state index in [2.05, 4.69) is 53.8 Å². The van der Waals surface area contributed by atoms with E-state index in [1.807, 2.05) is 12.3 Å². The zero-order valence-electron chi connectivity index (χ0n) is 8.25. The van der Waals surface area contributed by atoms with E-state index in [1.165, 1.54) is 25.3 Å². The molecule has 1 nitrogen and oxygen atoms in total. The molecule has 0 spiro atoms. The van der Waals surface area contributed by atoms with Gasteiger partial charge in [0, 0.05) is 8.96 Å². The predicted octanol–water partition coefficient (Wildman–Crippen LogP) is 4.50. The monoisotopic (exact) mass is 308 g/mol. The smallest absolute Gasteiger partial charge is 0.134 e. The lowest BCUT2D eigenvalue weighted by Gasteiger charge is -2.00. The quantitative estimate of drug-likeness (QED) is 0.557.